The van der Waals surface area contributed by atoms with E-state index < -0.39 is 72.5 Å². The highest BCUT2D eigenvalue weighted by molar-refractivity contribution is 9.10. The number of hydrogen-bond donors (Lipinski definition) is 11. The molecule has 0 saturated heterocycles. The van der Waals surface area contributed by atoms with Crippen LogP contribution in [0.4, 0.5) is 9.59 Å². The number of benzene rings is 8. The van der Waals surface area contributed by atoms with Crippen LogP contribution in [0.15, 0.2) is 223 Å². The Morgan fingerprint density at radius 2 is 0.741 bits per heavy atom. The van der Waals surface area contributed by atoms with Crippen molar-refractivity contribution in [3.8, 4) is 33.4 Å². The van der Waals surface area contributed by atoms with Crippen LogP contribution >= 0.6 is 69.9 Å². The molecule has 21 nitrogen and oxygen atoms in total. The van der Waals surface area contributed by atoms with Gasteiger partial charge in [0.2, 0.25) is 0 Å². The van der Waals surface area contributed by atoms with E-state index in [1.54, 1.807) is 72.7 Å². The summed E-state index contributed by atoms with van der Waals surface area (Å²) in [6.07, 6.45) is 7.58. The van der Waals surface area contributed by atoms with Gasteiger partial charge in [-0.3, -0.25) is 9.59 Å². The fourth-order valence-corrected chi connectivity index (χ4v) is 11.9. The van der Waals surface area contributed by atoms with Crippen molar-refractivity contribution in [1.29, 1.82) is 0 Å². The number of carboxylic acid groups (broad SMARTS) is 2. The maximum atomic E-state index is 12.3. The molecule has 4 aromatic heterocycles. The van der Waals surface area contributed by atoms with Crippen LogP contribution in [0.1, 0.15) is 70.7 Å². The van der Waals surface area contributed by atoms with Crippen LogP contribution in [0, 0.1) is 5.92 Å². The van der Waals surface area contributed by atoms with E-state index in [0.717, 1.165) is 104 Å². The number of alkyl carbamates (subject to hydrolysis) is 2. The molecule has 0 aliphatic rings. The Balaban J connectivity index is 0.000000291. The normalized spacial score (nSPS) is 11.8. The average Bonchev–Trinajstić information content (AvgIpc) is 1.59. The quantitative estimate of drug-likeness (QED) is 0.0216. The van der Waals surface area contributed by atoms with E-state index in [2.05, 4.69) is 101 Å². The van der Waals surface area contributed by atoms with Gasteiger partial charge in [0.05, 0.1) is 42.2 Å². The lowest BCUT2D eigenvalue weighted by atomic mass is 9.81. The van der Waals surface area contributed by atoms with Crippen LogP contribution in [0.2, 0.25) is 0 Å². The van der Waals surface area contributed by atoms with Gasteiger partial charge in [-0.1, -0.05) is 195 Å². The highest BCUT2D eigenvalue weighted by Crippen LogP contribution is 2.34. The van der Waals surface area contributed by atoms with Crippen LogP contribution in [0.25, 0.3) is 77.0 Å². The zero-order valence-corrected chi connectivity index (χ0v) is 66.9. The van der Waals surface area contributed by atoms with Crippen LogP contribution in [0.5, 0.6) is 0 Å². The number of aromatic amines is 4. The van der Waals surface area contributed by atoms with Gasteiger partial charge < -0.3 is 75.5 Å². The zero-order valence-electron chi connectivity index (χ0n) is 61.3. The molecule has 0 fully saturated rings. The van der Waals surface area contributed by atoms with Crippen molar-refractivity contribution in [3.05, 3.63) is 246 Å². The largest absolute Gasteiger partial charge is 0.488 e. The van der Waals surface area contributed by atoms with Crippen molar-refractivity contribution in [3.63, 3.8) is 0 Å². The summed E-state index contributed by atoms with van der Waals surface area (Å²) in [5.41, 5.74) is 19.3. The van der Waals surface area contributed by atoms with Crippen molar-refractivity contribution < 1.29 is 68.0 Å². The summed E-state index contributed by atoms with van der Waals surface area (Å²) in [4.78, 5) is 83.4. The lowest BCUT2D eigenvalue weighted by molar-refractivity contribution is -0.143. The topological polar surface area (TPSA) is 334 Å². The highest BCUT2D eigenvalue weighted by Gasteiger charge is 2.29. The van der Waals surface area contributed by atoms with E-state index in [9.17, 15) is 28.8 Å². The number of rotatable bonds is 18. The molecular weight excluding hydrogens is 1510 g/mol. The molecule has 0 unspecified atom stereocenters. The first-order valence-electron chi connectivity index (χ1n) is 33.6. The van der Waals surface area contributed by atoms with Gasteiger partial charge in [-0.15, -0.1) is 0 Å². The van der Waals surface area contributed by atoms with Crippen LogP contribution in [-0.4, -0.2) is 127 Å². The molecule has 0 aliphatic heterocycles. The third-order valence-corrected chi connectivity index (χ3v) is 17.1. The first-order valence-corrected chi connectivity index (χ1v) is 34.4. The predicted molar refractivity (Wildman–Crippen MR) is 453 cm³/mol. The van der Waals surface area contributed by atoms with E-state index in [-0.39, 0.29) is 66.3 Å². The minimum atomic E-state index is -1.34. The zero-order chi connectivity index (χ0) is 75.3. The molecule has 0 bridgehead atoms. The monoisotopic (exact) mass is 1610 g/mol. The Labute approximate surface area is 664 Å². The molecule has 108 heavy (non-hydrogen) atoms. The second kappa shape index (κ2) is 42.6. The lowest BCUT2D eigenvalue weighted by Crippen LogP contribution is -2.45. The average molecular weight is 1610 g/mol. The molecule has 12 rings (SSSR count). The van der Waals surface area contributed by atoms with Crippen LogP contribution in [-0.2, 0) is 63.8 Å². The number of nitrogens with one attached hydrogen (secondary N) is 6. The predicted octanol–water partition coefficient (Wildman–Crippen LogP) is 14.7. The van der Waals surface area contributed by atoms with Gasteiger partial charge in [-0.25, -0.2) is 19.2 Å². The number of H-pyrrole nitrogens is 4. The molecule has 2 amide bonds. The third-order valence-electron chi connectivity index (χ3n) is 16.4. The number of fused-ring (bicyclic) bond motifs is 4. The summed E-state index contributed by atoms with van der Waals surface area (Å²) in [7, 11) is 1.25. The molecule has 12 aromatic rings. The molecule has 0 spiro atoms. The van der Waals surface area contributed by atoms with Crippen LogP contribution < -0.4 is 21.8 Å². The first kappa shape index (κ1) is 90.6. The fraction of sp³-hybridized carbons (Fsp3) is 0.235. The van der Waals surface area contributed by atoms with Crippen LogP contribution in [0.3, 0.4) is 0 Å². The van der Waals surface area contributed by atoms with E-state index in [1.807, 2.05) is 140 Å². The number of halogens is 1. The summed E-state index contributed by atoms with van der Waals surface area (Å²) in [6.45, 7) is 12.3. The van der Waals surface area contributed by atoms with Gasteiger partial charge in [-0.05, 0) is 114 Å². The Bertz CT molecular complexity index is 4730. The Morgan fingerprint density at radius 1 is 0.435 bits per heavy atom. The molecule has 4 atom stereocenters. The number of carbonyl (C=O) groups is 6. The third kappa shape index (κ3) is 25.7. The minimum absolute atomic E-state index is 0. The molecule has 0 saturated carbocycles. The number of amides is 2. The van der Waals surface area contributed by atoms with E-state index >= 15 is 0 Å². The number of methoxy groups -OCH3 is 2. The second-order valence-electron chi connectivity index (χ2n) is 26.4. The number of nitrogens with two attached hydrogens (primary N) is 1. The fourth-order valence-electron chi connectivity index (χ4n) is 11.4. The SMILES string of the molecule is COC(=O)[C@H](Cc1c[nH]c2c(-c3ccccc3)cccc12)NC(=O)OC(C)(C)C.COC(=O)[C@H](Cc1c[nH]c2c(Br)cccc12)NC(=O)OC(C)(C)C.C[C@@H](Cc1c[nH]c2c(-c3ccccc3)cccc12)C(=O)O.N[C@@H](Cc1c[nH]c2c(-c3ccccc3)cccc12)C(=O)O.OB(O)c1ccccc1.S.S.S.S. The summed E-state index contributed by atoms with van der Waals surface area (Å²) in [6, 6.07) is 60.4. The van der Waals surface area contributed by atoms with Gasteiger partial charge in [0, 0.05) is 86.8 Å². The maximum Gasteiger partial charge on any atom is 0.488 e. The second-order valence-corrected chi connectivity index (χ2v) is 27.3. The van der Waals surface area contributed by atoms with E-state index in [1.165, 1.54) is 14.2 Å². The molecule has 12 N–H and O–H groups in total. The first-order chi connectivity index (χ1) is 49.6. The van der Waals surface area contributed by atoms with Gasteiger partial charge in [0.15, 0.2) is 0 Å². The molecular formula is C81H95BBrN7O14S4. The standard InChI is InChI=1S/C23H26N2O4.C18H17NO2.C17H21BrN2O4.C17H16N2O2.C6H7BO2.4H2S/c1-23(2,3)29-22(27)25-19(21(26)28-4)13-16-14-24-20-17(11-8-12-18(16)20)15-9-6-5-7-10-15;1-12(18(20)21)10-14-11-19-17-15(8-5-9-16(14)17)13-6-3-2-4-7-13;1-17(2,3)24-16(22)20-13(15(21)23-4)8-10-9-19-14-11(10)6-5-7-12(14)18;18-15(17(20)21)9-12-10-19-16-13(7-4-8-14(12)16)11-5-2-1-3-6-11;8-7(9)6-4-2-1-3-5-6;;;;/h5-12,14,19,24H,13H2,1-4H3,(H,25,27);2-9,11-12,19H,10H2,1H3,(H,20,21);5-7,9,13,19H,8H2,1-4H3,(H,20,22);1-8,10,15,19H,9,18H2,(H,20,21);1-5,8-9H;4*1H2/t19-;12-;13-;15-;;;;;/m0000...../s1. The smallest absolute Gasteiger partial charge is 0.481 e. The molecule has 27 heteroatoms. The number of para-hydroxylation sites is 4. The summed E-state index contributed by atoms with van der Waals surface area (Å²) in [5, 5.41) is 44.5. The van der Waals surface area contributed by atoms with Gasteiger partial charge in [0.1, 0.15) is 29.3 Å². The van der Waals surface area contributed by atoms with Crippen molar-refractivity contribution in [2.24, 2.45) is 11.7 Å². The van der Waals surface area contributed by atoms with Crippen molar-refractivity contribution in [2.75, 3.05) is 14.2 Å². The van der Waals surface area contributed by atoms with E-state index in [0.29, 0.717) is 24.7 Å². The summed E-state index contributed by atoms with van der Waals surface area (Å²) in [5.74, 6) is -3.17. The number of ether oxygens (including phenoxy) is 4. The lowest BCUT2D eigenvalue weighted by Gasteiger charge is -2.22. The molecule has 8 aromatic carbocycles. The van der Waals surface area contributed by atoms with Crippen molar-refractivity contribution >= 4 is 162 Å². The number of hydrogen-bond acceptors (Lipinski definition) is 13. The molecule has 4 heterocycles. The van der Waals surface area contributed by atoms with Crippen molar-refractivity contribution in [2.45, 2.75) is 103 Å². The summed E-state index contributed by atoms with van der Waals surface area (Å²) >= 11 is 3.48. The van der Waals surface area contributed by atoms with Gasteiger partial charge >= 0.3 is 43.2 Å². The Morgan fingerprint density at radius 3 is 1.05 bits per heavy atom. The molecule has 0 radical (unpaired) electrons. The Kier molecular flexibility index (Phi) is 35.8. The number of carboxylic acids is 2. The molecule has 0 aliphatic carbocycles. The number of aliphatic carboxylic acids is 2. The van der Waals surface area contributed by atoms with E-state index in [4.69, 9.17) is 44.9 Å². The highest BCUT2D eigenvalue weighted by atomic mass is 79.9. The summed E-state index contributed by atoms with van der Waals surface area (Å²) < 4.78 is 21.1. The molecule has 572 valence electrons. The van der Waals surface area contributed by atoms with Gasteiger partial charge in [0.25, 0.3) is 0 Å². The van der Waals surface area contributed by atoms with Crippen molar-refractivity contribution in [1.82, 2.24) is 30.6 Å². The van der Waals surface area contributed by atoms with Gasteiger partial charge in [-0.2, -0.15) is 54.0 Å². The maximum absolute atomic E-state index is 12.3. The Hall–Kier alpha value is -9.84. The number of carbonyl (C=O) groups excluding carboxylic acids is 4. The number of aromatic nitrogens is 4. The minimum Gasteiger partial charge on any atom is -0.481 e. The number of esters is 2.